The Labute approximate surface area is 157 Å². The van der Waals surface area contributed by atoms with Crippen LogP contribution in [0.5, 0.6) is 5.75 Å². The number of likely N-dealkylation sites (tertiary alicyclic amines) is 1. The van der Waals surface area contributed by atoms with Crippen molar-refractivity contribution in [3.63, 3.8) is 0 Å². The number of rotatable bonds is 5. The number of nitrogens with zero attached hydrogens (tertiary/aromatic N) is 2. The summed E-state index contributed by atoms with van der Waals surface area (Å²) >= 11 is 0. The Hall–Kier alpha value is -2.93. The lowest BCUT2D eigenvalue weighted by Crippen LogP contribution is -2.40. The Morgan fingerprint density at radius 2 is 1.89 bits per heavy atom. The van der Waals surface area contributed by atoms with Crippen molar-refractivity contribution in [3.8, 4) is 5.75 Å². The van der Waals surface area contributed by atoms with Gasteiger partial charge in [-0.05, 0) is 30.4 Å². The molecule has 0 radical (unpaired) electrons. The van der Waals surface area contributed by atoms with Gasteiger partial charge in [0.2, 0.25) is 0 Å². The van der Waals surface area contributed by atoms with Gasteiger partial charge in [0.15, 0.2) is 0 Å². The zero-order valence-corrected chi connectivity index (χ0v) is 15.1. The number of methoxy groups -OCH3 is 1. The number of nitro benzene ring substituents is 1. The summed E-state index contributed by atoms with van der Waals surface area (Å²) in [6.07, 6.45) is 0.772. The van der Waals surface area contributed by atoms with Crippen LogP contribution in [0.25, 0.3) is 0 Å². The second-order valence-electron chi connectivity index (χ2n) is 6.63. The molecule has 7 nitrogen and oxygen atoms in total. The van der Waals surface area contributed by atoms with E-state index >= 15 is 0 Å². The molecule has 1 fully saturated rings. The van der Waals surface area contributed by atoms with Crippen LogP contribution in [-0.2, 0) is 0 Å². The van der Waals surface area contributed by atoms with Gasteiger partial charge in [-0.1, -0.05) is 30.3 Å². The highest BCUT2D eigenvalue weighted by Gasteiger charge is 2.30. The third-order valence-corrected chi connectivity index (χ3v) is 5.04. The van der Waals surface area contributed by atoms with Crippen molar-refractivity contribution in [3.05, 3.63) is 69.8 Å². The normalized spacial score (nSPS) is 16.0. The number of ether oxygens (including phenoxy) is 1. The molecule has 1 aliphatic rings. The molecule has 2 aromatic rings. The molecular weight excluding hydrogens is 348 g/mol. The average molecular weight is 370 g/mol. The maximum atomic E-state index is 12.9. The molecule has 27 heavy (non-hydrogen) atoms. The van der Waals surface area contributed by atoms with Gasteiger partial charge in [-0.15, -0.1) is 0 Å². The summed E-state index contributed by atoms with van der Waals surface area (Å²) < 4.78 is 5.20. The smallest absolute Gasteiger partial charge is 0.270 e. The number of amides is 1. The molecule has 2 aromatic carbocycles. The van der Waals surface area contributed by atoms with E-state index < -0.39 is 11.0 Å². The number of aliphatic hydroxyl groups excluding tert-OH is 1. The first kappa shape index (κ1) is 18.8. The van der Waals surface area contributed by atoms with Crippen LogP contribution in [0, 0.1) is 16.0 Å². The van der Waals surface area contributed by atoms with Crippen LogP contribution in [-0.4, -0.2) is 41.0 Å². The minimum absolute atomic E-state index is 0.0726. The molecule has 142 valence electrons. The zero-order valence-electron chi connectivity index (χ0n) is 15.1. The Bertz CT molecular complexity index is 816. The van der Waals surface area contributed by atoms with Gasteiger partial charge in [0, 0.05) is 25.2 Å². The van der Waals surface area contributed by atoms with Crippen molar-refractivity contribution < 1.29 is 19.6 Å². The first-order chi connectivity index (χ1) is 13.0. The fourth-order valence-electron chi connectivity index (χ4n) is 3.49. The van der Waals surface area contributed by atoms with Gasteiger partial charge in [0.05, 0.1) is 23.7 Å². The topological polar surface area (TPSA) is 92.9 Å². The molecule has 1 atom stereocenters. The highest BCUT2D eigenvalue weighted by atomic mass is 16.6. The molecule has 7 heteroatoms. The maximum absolute atomic E-state index is 12.9. The van der Waals surface area contributed by atoms with E-state index in [1.165, 1.54) is 25.3 Å². The molecule has 1 aliphatic heterocycles. The third kappa shape index (κ3) is 4.09. The predicted octanol–water partition coefficient (Wildman–Crippen LogP) is 3.19. The summed E-state index contributed by atoms with van der Waals surface area (Å²) in [6.45, 7) is 0.971. The molecule has 0 aromatic heterocycles. The van der Waals surface area contributed by atoms with Crippen LogP contribution < -0.4 is 4.74 Å². The lowest BCUT2D eigenvalue weighted by Gasteiger charge is -2.34. The fraction of sp³-hybridized carbons (Fsp3) is 0.350. The zero-order chi connectivity index (χ0) is 19.4. The van der Waals surface area contributed by atoms with Crippen LogP contribution in [0.2, 0.25) is 0 Å². The molecule has 0 aliphatic carbocycles. The number of piperidine rings is 1. The van der Waals surface area contributed by atoms with Crippen molar-refractivity contribution in [2.45, 2.75) is 18.9 Å². The quantitative estimate of drug-likeness (QED) is 0.644. The van der Waals surface area contributed by atoms with Gasteiger partial charge < -0.3 is 14.7 Å². The second-order valence-corrected chi connectivity index (χ2v) is 6.63. The molecule has 1 amide bonds. The minimum atomic E-state index is -0.559. The van der Waals surface area contributed by atoms with Crippen LogP contribution >= 0.6 is 0 Å². The van der Waals surface area contributed by atoms with E-state index in [0.29, 0.717) is 31.7 Å². The molecule has 1 unspecified atom stereocenters. The number of benzene rings is 2. The van der Waals surface area contributed by atoms with E-state index in [-0.39, 0.29) is 23.1 Å². The van der Waals surface area contributed by atoms with E-state index in [2.05, 4.69) is 0 Å². The summed E-state index contributed by atoms with van der Waals surface area (Å²) in [5.41, 5.74) is 0.921. The highest BCUT2D eigenvalue weighted by molar-refractivity contribution is 5.97. The number of hydrogen-bond donors (Lipinski definition) is 1. The van der Waals surface area contributed by atoms with Crippen molar-refractivity contribution >= 4 is 11.6 Å². The molecule has 1 saturated heterocycles. The maximum Gasteiger partial charge on any atom is 0.270 e. The molecule has 1 N–H and O–H groups in total. The number of carbonyl (C=O) groups is 1. The number of carbonyl (C=O) groups excluding carboxylic acids is 1. The van der Waals surface area contributed by atoms with E-state index in [0.717, 1.165) is 5.56 Å². The summed E-state index contributed by atoms with van der Waals surface area (Å²) in [6, 6.07) is 13.5. The molecule has 3 rings (SSSR count). The molecular formula is C20H22N2O5. The van der Waals surface area contributed by atoms with Crippen molar-refractivity contribution in [2.24, 2.45) is 5.92 Å². The van der Waals surface area contributed by atoms with Crippen molar-refractivity contribution in [1.29, 1.82) is 0 Å². The van der Waals surface area contributed by atoms with Gasteiger partial charge in [0.1, 0.15) is 5.75 Å². The second kappa shape index (κ2) is 8.18. The first-order valence-corrected chi connectivity index (χ1v) is 8.86. The largest absolute Gasteiger partial charge is 0.496 e. The van der Waals surface area contributed by atoms with E-state index in [4.69, 9.17) is 4.74 Å². The van der Waals surface area contributed by atoms with E-state index in [1.54, 1.807) is 4.90 Å². The molecule has 1 heterocycles. The highest BCUT2D eigenvalue weighted by Crippen LogP contribution is 2.32. The summed E-state index contributed by atoms with van der Waals surface area (Å²) in [7, 11) is 1.43. The lowest BCUT2D eigenvalue weighted by atomic mass is 9.87. The molecule has 0 bridgehead atoms. The van der Waals surface area contributed by atoms with Crippen LogP contribution in [0.3, 0.4) is 0 Å². The van der Waals surface area contributed by atoms with Crippen LogP contribution in [0.4, 0.5) is 5.69 Å². The monoisotopic (exact) mass is 370 g/mol. The predicted molar refractivity (Wildman–Crippen MR) is 99.7 cm³/mol. The van der Waals surface area contributed by atoms with Gasteiger partial charge in [-0.3, -0.25) is 14.9 Å². The van der Waals surface area contributed by atoms with Gasteiger partial charge >= 0.3 is 0 Å². The SMILES string of the molecule is COc1ccc([N+](=O)[O-])cc1C(=O)N1CCC(C(O)c2ccccc2)CC1. The number of aliphatic hydroxyl groups is 1. The van der Waals surface area contributed by atoms with Gasteiger partial charge in [-0.25, -0.2) is 0 Å². The first-order valence-electron chi connectivity index (χ1n) is 8.86. The summed E-state index contributed by atoms with van der Waals surface area (Å²) in [5.74, 6) is 0.101. The van der Waals surface area contributed by atoms with Gasteiger partial charge in [-0.2, -0.15) is 0 Å². The standard InChI is InChI=1S/C20H22N2O5/c1-27-18-8-7-16(22(25)26)13-17(18)20(24)21-11-9-15(10-12-21)19(23)14-5-3-2-4-6-14/h2-8,13,15,19,23H,9-12H2,1H3. The Morgan fingerprint density at radius 1 is 1.22 bits per heavy atom. The minimum Gasteiger partial charge on any atom is -0.496 e. The van der Waals surface area contributed by atoms with Crippen LogP contribution in [0.1, 0.15) is 34.9 Å². The van der Waals surface area contributed by atoms with E-state index in [9.17, 15) is 20.0 Å². The Morgan fingerprint density at radius 3 is 2.48 bits per heavy atom. The Kier molecular flexibility index (Phi) is 5.71. The summed E-state index contributed by atoms with van der Waals surface area (Å²) in [5, 5.41) is 21.6. The van der Waals surface area contributed by atoms with Gasteiger partial charge in [0.25, 0.3) is 11.6 Å². The number of nitro groups is 1. The molecule has 0 spiro atoms. The number of hydrogen-bond acceptors (Lipinski definition) is 5. The lowest BCUT2D eigenvalue weighted by molar-refractivity contribution is -0.384. The van der Waals surface area contributed by atoms with E-state index in [1.807, 2.05) is 30.3 Å². The number of non-ortho nitro benzene ring substituents is 1. The Balaban J connectivity index is 1.70. The summed E-state index contributed by atoms with van der Waals surface area (Å²) in [4.78, 5) is 25.0. The van der Waals surface area contributed by atoms with Crippen LogP contribution in [0.15, 0.2) is 48.5 Å². The average Bonchev–Trinajstić information content (AvgIpc) is 2.73. The fourth-order valence-corrected chi connectivity index (χ4v) is 3.49. The van der Waals surface area contributed by atoms with Crippen molar-refractivity contribution in [2.75, 3.05) is 20.2 Å². The van der Waals surface area contributed by atoms with Crippen molar-refractivity contribution in [1.82, 2.24) is 4.90 Å². The molecule has 0 saturated carbocycles. The third-order valence-electron chi connectivity index (χ3n) is 5.04.